The Balaban J connectivity index is 1.77. The lowest BCUT2D eigenvalue weighted by Crippen LogP contribution is -2.41. The topological polar surface area (TPSA) is 80.0 Å². The third kappa shape index (κ3) is 4.26. The fourth-order valence-electron chi connectivity index (χ4n) is 4.62. The summed E-state index contributed by atoms with van der Waals surface area (Å²) >= 11 is 0. The Morgan fingerprint density at radius 3 is 2.50 bits per heavy atom. The molecule has 3 aromatic rings. The minimum absolute atomic E-state index is 0.0864. The number of hydrogen-bond acceptors (Lipinski definition) is 4. The maximum absolute atomic E-state index is 15.0. The van der Waals surface area contributed by atoms with Gasteiger partial charge in [-0.05, 0) is 61.6 Å². The van der Waals surface area contributed by atoms with Crippen molar-refractivity contribution in [1.82, 2.24) is 14.8 Å². The van der Waals surface area contributed by atoms with Crippen LogP contribution in [0, 0.1) is 18.7 Å². The van der Waals surface area contributed by atoms with Crippen molar-refractivity contribution < 1.29 is 27.5 Å². The van der Waals surface area contributed by atoms with E-state index in [-0.39, 0.29) is 34.1 Å². The molecule has 1 unspecified atom stereocenters. The van der Waals surface area contributed by atoms with Crippen LogP contribution >= 0.6 is 0 Å². The molecule has 182 valence electrons. The SMILES string of the molecule is Cc1cnc(NC(=O)C2CCCCC2)cc1-c1cc(F)c2nn(C)c(C(C)(O)C(F)(F)F)c2c1. The molecule has 2 N–H and O–H groups in total. The van der Waals surface area contributed by atoms with Crippen molar-refractivity contribution in [3.63, 3.8) is 0 Å². The number of carbonyl (C=O) groups is 1. The molecule has 0 aliphatic heterocycles. The Bertz CT molecular complexity index is 1240. The van der Waals surface area contributed by atoms with E-state index in [2.05, 4.69) is 15.4 Å². The lowest BCUT2D eigenvalue weighted by Gasteiger charge is -2.26. The first-order valence-electron chi connectivity index (χ1n) is 11.1. The zero-order valence-electron chi connectivity index (χ0n) is 19.1. The number of aromatic nitrogens is 3. The molecule has 1 saturated carbocycles. The van der Waals surface area contributed by atoms with Gasteiger partial charge in [0.05, 0.1) is 5.69 Å². The van der Waals surface area contributed by atoms with Gasteiger partial charge in [0.2, 0.25) is 5.91 Å². The van der Waals surface area contributed by atoms with Gasteiger partial charge >= 0.3 is 6.18 Å². The molecule has 1 aliphatic carbocycles. The summed E-state index contributed by atoms with van der Waals surface area (Å²) < 4.78 is 56.6. The molecule has 1 atom stereocenters. The van der Waals surface area contributed by atoms with Gasteiger partial charge in [-0.3, -0.25) is 9.48 Å². The number of carbonyl (C=O) groups excluding carboxylic acids is 1. The monoisotopic (exact) mass is 478 g/mol. The maximum atomic E-state index is 15.0. The van der Waals surface area contributed by atoms with Gasteiger partial charge in [-0.2, -0.15) is 18.3 Å². The van der Waals surface area contributed by atoms with Gasteiger partial charge in [0, 0.05) is 24.5 Å². The number of pyridine rings is 1. The molecule has 1 fully saturated rings. The number of nitrogens with zero attached hydrogens (tertiary/aromatic N) is 3. The highest BCUT2D eigenvalue weighted by atomic mass is 19.4. The Morgan fingerprint density at radius 1 is 1.18 bits per heavy atom. The van der Waals surface area contributed by atoms with Crippen LogP contribution < -0.4 is 5.32 Å². The lowest BCUT2D eigenvalue weighted by molar-refractivity contribution is -0.260. The number of amides is 1. The molecule has 34 heavy (non-hydrogen) atoms. The predicted molar refractivity (Wildman–Crippen MR) is 119 cm³/mol. The highest BCUT2D eigenvalue weighted by molar-refractivity contribution is 5.93. The third-order valence-corrected chi connectivity index (χ3v) is 6.55. The number of aryl methyl sites for hydroxylation is 2. The van der Waals surface area contributed by atoms with Gasteiger partial charge in [0.15, 0.2) is 11.4 Å². The van der Waals surface area contributed by atoms with Crippen molar-refractivity contribution in [2.24, 2.45) is 13.0 Å². The van der Waals surface area contributed by atoms with Crippen molar-refractivity contribution in [2.75, 3.05) is 5.32 Å². The Hall–Kier alpha value is -3.01. The number of fused-ring (bicyclic) bond motifs is 1. The van der Waals surface area contributed by atoms with Gasteiger partial charge < -0.3 is 10.4 Å². The van der Waals surface area contributed by atoms with Gasteiger partial charge in [-0.15, -0.1) is 0 Å². The summed E-state index contributed by atoms with van der Waals surface area (Å²) in [6.45, 7) is 2.35. The number of aliphatic hydroxyl groups is 1. The smallest absolute Gasteiger partial charge is 0.375 e. The van der Waals surface area contributed by atoms with Gasteiger partial charge in [0.1, 0.15) is 11.3 Å². The second kappa shape index (κ2) is 8.65. The number of halogens is 4. The Kier molecular flexibility index (Phi) is 6.14. The lowest BCUT2D eigenvalue weighted by atomic mass is 9.88. The summed E-state index contributed by atoms with van der Waals surface area (Å²) in [6, 6.07) is 4.13. The predicted octanol–water partition coefficient (Wildman–Crippen LogP) is 5.37. The van der Waals surface area contributed by atoms with Crippen LogP contribution in [0.2, 0.25) is 0 Å². The van der Waals surface area contributed by atoms with Gasteiger partial charge in [0.25, 0.3) is 0 Å². The molecule has 1 aromatic carbocycles. The molecule has 4 rings (SSSR count). The summed E-state index contributed by atoms with van der Waals surface area (Å²) in [5.74, 6) is -0.752. The number of benzene rings is 1. The minimum Gasteiger partial charge on any atom is -0.375 e. The third-order valence-electron chi connectivity index (χ3n) is 6.55. The van der Waals surface area contributed by atoms with E-state index >= 15 is 0 Å². The van der Waals surface area contributed by atoms with E-state index in [9.17, 15) is 27.5 Å². The van der Waals surface area contributed by atoms with Crippen molar-refractivity contribution in [2.45, 2.75) is 57.7 Å². The van der Waals surface area contributed by atoms with E-state index in [1.54, 1.807) is 13.0 Å². The van der Waals surface area contributed by atoms with Gasteiger partial charge in [-0.25, -0.2) is 9.37 Å². The number of nitrogens with one attached hydrogen (secondary N) is 1. The molecule has 2 aromatic heterocycles. The molecule has 1 aliphatic rings. The zero-order valence-corrected chi connectivity index (χ0v) is 19.1. The quantitative estimate of drug-likeness (QED) is 0.494. The number of anilines is 1. The Morgan fingerprint density at radius 2 is 1.85 bits per heavy atom. The minimum atomic E-state index is -5.00. The van der Waals surface area contributed by atoms with Crippen LogP contribution in [-0.4, -0.2) is 32.0 Å². The molecule has 6 nitrogen and oxygen atoms in total. The molecule has 2 heterocycles. The van der Waals surface area contributed by atoms with Crippen molar-refractivity contribution in [3.8, 4) is 11.1 Å². The molecule has 0 spiro atoms. The maximum Gasteiger partial charge on any atom is 0.422 e. The molecule has 10 heteroatoms. The van der Waals surface area contributed by atoms with E-state index < -0.39 is 23.3 Å². The standard InChI is InChI=1S/C24H26F4N4O2/c1-13-12-29-19(30-22(33)14-7-5-4-6-8-14)11-16(13)15-9-17-20(18(25)10-15)31-32(3)21(17)23(2,34)24(26,27)28/h9-12,14,34H,4-8H2,1-3H3,(H,29,30,33). The van der Waals surface area contributed by atoms with Crippen LogP contribution in [0.25, 0.3) is 22.0 Å². The highest BCUT2D eigenvalue weighted by Crippen LogP contribution is 2.42. The van der Waals surface area contributed by atoms with Crippen LogP contribution in [0.15, 0.2) is 24.4 Å². The average Bonchev–Trinajstić information content (AvgIpc) is 3.12. The van der Waals surface area contributed by atoms with Crippen LogP contribution in [0.4, 0.5) is 23.4 Å². The molecular formula is C24H26F4N4O2. The van der Waals surface area contributed by atoms with Crippen LogP contribution in [0.3, 0.4) is 0 Å². The zero-order chi connectivity index (χ0) is 24.8. The van der Waals surface area contributed by atoms with E-state index in [1.807, 2.05) is 0 Å². The Labute approximate surface area is 194 Å². The van der Waals surface area contributed by atoms with Crippen LogP contribution in [-0.2, 0) is 17.4 Å². The first-order valence-corrected chi connectivity index (χ1v) is 11.1. The van der Waals surface area contributed by atoms with E-state index in [4.69, 9.17) is 0 Å². The molecule has 0 radical (unpaired) electrons. The molecular weight excluding hydrogens is 452 g/mol. The number of alkyl halides is 3. The molecule has 0 saturated heterocycles. The van der Waals surface area contributed by atoms with Crippen LogP contribution in [0.5, 0.6) is 0 Å². The van der Waals surface area contributed by atoms with Crippen molar-refractivity contribution in [3.05, 3.63) is 41.5 Å². The first kappa shape index (κ1) is 24.1. The fourth-order valence-corrected chi connectivity index (χ4v) is 4.62. The summed E-state index contributed by atoms with van der Waals surface area (Å²) in [6.07, 6.45) is 1.26. The second-order valence-electron chi connectivity index (χ2n) is 9.11. The van der Waals surface area contributed by atoms with Crippen molar-refractivity contribution >= 4 is 22.6 Å². The normalized spacial score (nSPS) is 17.1. The second-order valence-corrected chi connectivity index (χ2v) is 9.11. The number of rotatable bonds is 4. The van der Waals surface area contributed by atoms with Crippen molar-refractivity contribution in [1.29, 1.82) is 0 Å². The van der Waals surface area contributed by atoms with Crippen LogP contribution in [0.1, 0.15) is 50.3 Å². The fraction of sp³-hybridized carbons (Fsp3) is 0.458. The van der Waals surface area contributed by atoms with Gasteiger partial charge in [-0.1, -0.05) is 19.3 Å². The average molecular weight is 478 g/mol. The highest BCUT2D eigenvalue weighted by Gasteiger charge is 2.54. The summed E-state index contributed by atoms with van der Waals surface area (Å²) in [5.41, 5.74) is -2.66. The van der Waals surface area contributed by atoms with E-state index in [0.717, 1.165) is 36.8 Å². The molecule has 1 amide bonds. The summed E-state index contributed by atoms with van der Waals surface area (Å²) in [4.78, 5) is 16.9. The van der Waals surface area contributed by atoms with E-state index in [1.165, 1.54) is 25.4 Å². The molecule has 0 bridgehead atoms. The summed E-state index contributed by atoms with van der Waals surface area (Å²) in [7, 11) is 1.23. The summed E-state index contributed by atoms with van der Waals surface area (Å²) in [5, 5.41) is 16.8. The van der Waals surface area contributed by atoms with E-state index in [0.29, 0.717) is 18.1 Å². The largest absolute Gasteiger partial charge is 0.422 e. The number of hydrogen-bond donors (Lipinski definition) is 2. The first-order chi connectivity index (χ1) is 15.9.